The Balaban J connectivity index is 2.68. The fourth-order valence-electron chi connectivity index (χ4n) is 1.80. The quantitative estimate of drug-likeness (QED) is 0.797. The Hall–Kier alpha value is -1.36. The summed E-state index contributed by atoms with van der Waals surface area (Å²) in [6.07, 6.45) is 0. The normalized spacial score (nSPS) is 10.8. The zero-order valence-corrected chi connectivity index (χ0v) is 11.0. The molecule has 0 atom stereocenters. The Morgan fingerprint density at radius 2 is 2.24 bits per heavy atom. The molecule has 0 spiro atoms. The van der Waals surface area contributed by atoms with Crippen LogP contribution in [-0.4, -0.2) is 17.1 Å². The SMILES string of the molecule is CCOC(=O)c1c(F)c2cc(Br)ccc2n1C. The molecule has 1 aromatic carbocycles. The highest BCUT2D eigenvalue weighted by molar-refractivity contribution is 9.10. The minimum atomic E-state index is -0.639. The van der Waals surface area contributed by atoms with Gasteiger partial charge < -0.3 is 9.30 Å². The third-order valence-corrected chi connectivity index (χ3v) is 3.06. The number of ether oxygens (including phenoxy) is 1. The van der Waals surface area contributed by atoms with Crippen molar-refractivity contribution in [3.8, 4) is 0 Å². The third-order valence-electron chi connectivity index (χ3n) is 2.57. The second-order valence-electron chi connectivity index (χ2n) is 3.60. The molecule has 2 aromatic rings. The number of hydrogen-bond acceptors (Lipinski definition) is 2. The van der Waals surface area contributed by atoms with Crippen LogP contribution in [0.4, 0.5) is 4.39 Å². The predicted molar refractivity (Wildman–Crippen MR) is 66.5 cm³/mol. The van der Waals surface area contributed by atoms with Gasteiger partial charge in [0.2, 0.25) is 0 Å². The lowest BCUT2D eigenvalue weighted by molar-refractivity contribution is 0.0510. The van der Waals surface area contributed by atoms with E-state index in [1.807, 2.05) is 0 Å². The molecule has 0 aliphatic carbocycles. The molecular weight excluding hydrogens is 289 g/mol. The molecule has 0 bridgehead atoms. The molecule has 90 valence electrons. The number of halogens is 2. The Morgan fingerprint density at radius 3 is 2.88 bits per heavy atom. The van der Waals surface area contributed by atoms with Crippen LogP contribution in [0.25, 0.3) is 10.9 Å². The van der Waals surface area contributed by atoms with Crippen LogP contribution in [0.3, 0.4) is 0 Å². The van der Waals surface area contributed by atoms with E-state index in [1.165, 1.54) is 4.57 Å². The van der Waals surface area contributed by atoms with Gasteiger partial charge in [0.25, 0.3) is 0 Å². The van der Waals surface area contributed by atoms with E-state index in [0.717, 1.165) is 4.47 Å². The average Bonchev–Trinajstić information content (AvgIpc) is 2.52. The summed E-state index contributed by atoms with van der Waals surface area (Å²) in [5, 5.41) is 0.407. The van der Waals surface area contributed by atoms with Gasteiger partial charge in [0.05, 0.1) is 12.1 Å². The van der Waals surface area contributed by atoms with Crippen molar-refractivity contribution in [1.82, 2.24) is 4.57 Å². The van der Waals surface area contributed by atoms with E-state index < -0.39 is 11.8 Å². The Labute approximate surface area is 106 Å². The maximum atomic E-state index is 14.1. The Morgan fingerprint density at radius 1 is 1.53 bits per heavy atom. The van der Waals surface area contributed by atoms with Crippen LogP contribution in [0.5, 0.6) is 0 Å². The fourth-order valence-corrected chi connectivity index (χ4v) is 2.16. The van der Waals surface area contributed by atoms with Crippen molar-refractivity contribution < 1.29 is 13.9 Å². The van der Waals surface area contributed by atoms with Crippen LogP contribution in [-0.2, 0) is 11.8 Å². The minimum absolute atomic E-state index is 0.0417. The molecule has 0 unspecified atom stereocenters. The fraction of sp³-hybridized carbons (Fsp3) is 0.250. The molecule has 0 N–H and O–H groups in total. The minimum Gasteiger partial charge on any atom is -0.461 e. The van der Waals surface area contributed by atoms with E-state index in [2.05, 4.69) is 15.9 Å². The highest BCUT2D eigenvalue weighted by Crippen LogP contribution is 2.27. The summed E-state index contributed by atoms with van der Waals surface area (Å²) in [7, 11) is 1.64. The van der Waals surface area contributed by atoms with Crippen LogP contribution in [0.1, 0.15) is 17.4 Å². The summed E-state index contributed by atoms with van der Waals surface area (Å²) in [5.74, 6) is -1.18. The van der Waals surface area contributed by atoms with Gasteiger partial charge in [-0.1, -0.05) is 15.9 Å². The topological polar surface area (TPSA) is 31.2 Å². The van der Waals surface area contributed by atoms with Crippen molar-refractivity contribution in [2.75, 3.05) is 6.61 Å². The number of hydrogen-bond donors (Lipinski definition) is 0. The standard InChI is InChI=1S/C12H11BrFNO2/c1-3-17-12(16)11-10(14)8-6-7(13)4-5-9(8)15(11)2/h4-6H,3H2,1-2H3. The number of aromatic nitrogens is 1. The molecule has 0 fully saturated rings. The largest absolute Gasteiger partial charge is 0.461 e. The van der Waals surface area contributed by atoms with E-state index in [0.29, 0.717) is 10.9 Å². The molecular formula is C12H11BrFNO2. The first kappa shape index (κ1) is 12.1. The average molecular weight is 300 g/mol. The van der Waals surface area contributed by atoms with Crippen LogP contribution in [0.2, 0.25) is 0 Å². The number of benzene rings is 1. The van der Waals surface area contributed by atoms with Crippen molar-refractivity contribution in [2.45, 2.75) is 6.92 Å². The summed E-state index contributed by atoms with van der Waals surface area (Å²) in [5.41, 5.74) is 0.619. The van der Waals surface area contributed by atoms with Crippen LogP contribution < -0.4 is 0 Å². The third kappa shape index (κ3) is 1.95. The number of fused-ring (bicyclic) bond motifs is 1. The molecule has 2 rings (SSSR count). The van der Waals surface area contributed by atoms with Crippen molar-refractivity contribution in [3.05, 3.63) is 34.2 Å². The van der Waals surface area contributed by atoms with E-state index in [9.17, 15) is 9.18 Å². The first-order valence-electron chi connectivity index (χ1n) is 5.16. The van der Waals surface area contributed by atoms with E-state index in [4.69, 9.17) is 4.74 Å². The number of nitrogens with zero attached hydrogens (tertiary/aromatic N) is 1. The molecule has 0 radical (unpaired) electrons. The molecule has 1 heterocycles. The van der Waals surface area contributed by atoms with E-state index in [-0.39, 0.29) is 12.3 Å². The number of aryl methyl sites for hydroxylation is 1. The lowest BCUT2D eigenvalue weighted by Crippen LogP contribution is -2.11. The molecule has 5 heteroatoms. The van der Waals surface area contributed by atoms with Gasteiger partial charge in [-0.3, -0.25) is 0 Å². The molecule has 0 aliphatic heterocycles. The van der Waals surface area contributed by atoms with Crippen molar-refractivity contribution in [1.29, 1.82) is 0 Å². The zero-order chi connectivity index (χ0) is 12.6. The maximum absolute atomic E-state index is 14.1. The summed E-state index contributed by atoms with van der Waals surface area (Å²) in [6, 6.07) is 5.20. The van der Waals surface area contributed by atoms with Gasteiger partial charge in [-0.05, 0) is 25.1 Å². The Bertz CT molecular complexity index is 592. The molecule has 0 aliphatic rings. The van der Waals surface area contributed by atoms with Gasteiger partial charge in [-0.2, -0.15) is 0 Å². The van der Waals surface area contributed by atoms with Gasteiger partial charge in [-0.15, -0.1) is 0 Å². The summed E-state index contributed by atoms with van der Waals surface area (Å²) >= 11 is 3.28. The lowest BCUT2D eigenvalue weighted by Gasteiger charge is -2.03. The first-order valence-corrected chi connectivity index (χ1v) is 5.96. The summed E-state index contributed by atoms with van der Waals surface area (Å²) in [4.78, 5) is 11.6. The van der Waals surface area contributed by atoms with Crippen LogP contribution >= 0.6 is 15.9 Å². The molecule has 17 heavy (non-hydrogen) atoms. The van der Waals surface area contributed by atoms with Crippen LogP contribution in [0, 0.1) is 5.82 Å². The highest BCUT2D eigenvalue weighted by atomic mass is 79.9. The lowest BCUT2D eigenvalue weighted by atomic mass is 10.2. The van der Waals surface area contributed by atoms with Gasteiger partial charge in [0, 0.05) is 16.9 Å². The van der Waals surface area contributed by atoms with Crippen molar-refractivity contribution in [3.63, 3.8) is 0 Å². The molecule has 0 saturated heterocycles. The van der Waals surface area contributed by atoms with Gasteiger partial charge >= 0.3 is 5.97 Å². The number of rotatable bonds is 2. The second kappa shape index (κ2) is 4.49. The second-order valence-corrected chi connectivity index (χ2v) is 4.52. The molecule has 0 saturated carbocycles. The molecule has 1 aromatic heterocycles. The number of carbonyl (C=O) groups is 1. The smallest absolute Gasteiger partial charge is 0.358 e. The first-order chi connectivity index (χ1) is 8.06. The monoisotopic (exact) mass is 299 g/mol. The van der Waals surface area contributed by atoms with Crippen molar-refractivity contribution in [2.24, 2.45) is 7.05 Å². The maximum Gasteiger partial charge on any atom is 0.358 e. The Kier molecular flexibility index (Phi) is 3.19. The number of esters is 1. The van der Waals surface area contributed by atoms with Gasteiger partial charge in [-0.25, -0.2) is 9.18 Å². The summed E-state index contributed by atoms with van der Waals surface area (Å²) in [6.45, 7) is 1.92. The van der Waals surface area contributed by atoms with Gasteiger partial charge in [0.1, 0.15) is 0 Å². The highest BCUT2D eigenvalue weighted by Gasteiger charge is 2.22. The van der Waals surface area contributed by atoms with Crippen molar-refractivity contribution >= 4 is 32.8 Å². The molecule has 3 nitrogen and oxygen atoms in total. The van der Waals surface area contributed by atoms with E-state index in [1.54, 1.807) is 32.2 Å². The van der Waals surface area contributed by atoms with Crippen LogP contribution in [0.15, 0.2) is 22.7 Å². The van der Waals surface area contributed by atoms with Gasteiger partial charge in [0.15, 0.2) is 11.5 Å². The predicted octanol–water partition coefficient (Wildman–Crippen LogP) is 3.26. The summed E-state index contributed by atoms with van der Waals surface area (Å²) < 4.78 is 21.2. The van der Waals surface area contributed by atoms with E-state index >= 15 is 0 Å². The number of carbonyl (C=O) groups excluding carboxylic acids is 1. The zero-order valence-electron chi connectivity index (χ0n) is 9.46. The molecule has 0 amide bonds.